The summed E-state index contributed by atoms with van der Waals surface area (Å²) in [4.78, 5) is 16.6. The van der Waals surface area contributed by atoms with Gasteiger partial charge in [-0.05, 0) is 81.7 Å². The molecule has 3 aliphatic heterocycles. The van der Waals surface area contributed by atoms with Crippen molar-refractivity contribution in [1.82, 2.24) is 4.90 Å². The highest BCUT2D eigenvalue weighted by molar-refractivity contribution is 5.67. The van der Waals surface area contributed by atoms with Crippen molar-refractivity contribution in [2.45, 2.75) is 76.6 Å². The molecule has 0 aromatic heterocycles. The van der Waals surface area contributed by atoms with Gasteiger partial charge in [0.15, 0.2) is 6.29 Å². The molecule has 0 aliphatic carbocycles. The Hall–Kier alpha value is -3.71. The van der Waals surface area contributed by atoms with Crippen molar-refractivity contribution < 1.29 is 23.7 Å². The third-order valence-corrected chi connectivity index (χ3v) is 9.24. The molecule has 0 bridgehead atoms. The fourth-order valence-corrected chi connectivity index (χ4v) is 6.89. The zero-order valence-electron chi connectivity index (χ0n) is 27.2. The van der Waals surface area contributed by atoms with Crippen molar-refractivity contribution >= 4 is 11.8 Å². The number of hydrogen-bond acceptors (Lipinski definition) is 6. The van der Waals surface area contributed by atoms with Gasteiger partial charge in [0.1, 0.15) is 17.1 Å². The van der Waals surface area contributed by atoms with E-state index in [1.54, 1.807) is 4.90 Å². The van der Waals surface area contributed by atoms with E-state index in [0.29, 0.717) is 12.5 Å². The number of carbonyl (C=O) groups excluding carboxylic acids is 1. The Labute approximate surface area is 268 Å². The summed E-state index contributed by atoms with van der Waals surface area (Å²) in [6, 6.07) is 26.2. The van der Waals surface area contributed by atoms with Gasteiger partial charge in [0, 0.05) is 62.3 Å². The van der Waals surface area contributed by atoms with Crippen LogP contribution in [0.25, 0.3) is 0 Å². The van der Waals surface area contributed by atoms with Crippen LogP contribution in [-0.2, 0) is 9.47 Å². The molecule has 6 rings (SSSR count). The summed E-state index contributed by atoms with van der Waals surface area (Å²) in [7, 11) is 1.84. The lowest BCUT2D eigenvalue weighted by atomic mass is 9.76. The molecule has 3 heterocycles. The molecular weight excluding hydrogens is 564 g/mol. The first-order valence-corrected chi connectivity index (χ1v) is 16.6. The Balaban J connectivity index is 1.15. The van der Waals surface area contributed by atoms with Crippen LogP contribution in [0.1, 0.15) is 81.4 Å². The van der Waals surface area contributed by atoms with Crippen molar-refractivity contribution in [3.8, 4) is 11.5 Å². The van der Waals surface area contributed by atoms with Crippen LogP contribution in [0.2, 0.25) is 0 Å². The molecule has 0 spiro atoms. The maximum atomic E-state index is 12.4. The maximum Gasteiger partial charge on any atom is 0.410 e. The lowest BCUT2D eigenvalue weighted by Gasteiger charge is -2.36. The molecule has 7 heteroatoms. The quantitative estimate of drug-likeness (QED) is 0.270. The first-order valence-electron chi connectivity index (χ1n) is 16.6. The highest BCUT2D eigenvalue weighted by Crippen LogP contribution is 2.47. The van der Waals surface area contributed by atoms with Gasteiger partial charge in [-0.15, -0.1) is 0 Å². The van der Waals surface area contributed by atoms with Crippen LogP contribution in [0.15, 0.2) is 72.8 Å². The average Bonchev–Trinajstić information content (AvgIpc) is 3.05. The molecule has 2 saturated heterocycles. The number of amides is 1. The number of ether oxygens (including phenoxy) is 4. The lowest BCUT2D eigenvalue weighted by Crippen LogP contribution is -2.41. The van der Waals surface area contributed by atoms with Gasteiger partial charge < -0.3 is 28.7 Å². The summed E-state index contributed by atoms with van der Waals surface area (Å²) in [5.74, 6) is 2.54. The Morgan fingerprint density at radius 2 is 1.69 bits per heavy atom. The van der Waals surface area contributed by atoms with Gasteiger partial charge in [-0.1, -0.05) is 48.5 Å². The van der Waals surface area contributed by atoms with Crippen molar-refractivity contribution in [2.24, 2.45) is 5.92 Å². The van der Waals surface area contributed by atoms with Gasteiger partial charge >= 0.3 is 6.09 Å². The van der Waals surface area contributed by atoms with E-state index in [9.17, 15) is 4.79 Å². The smallest absolute Gasteiger partial charge is 0.410 e. The Morgan fingerprint density at radius 1 is 0.933 bits per heavy atom. The van der Waals surface area contributed by atoms with Crippen LogP contribution in [0.4, 0.5) is 10.5 Å². The SMILES string of the molecule is CN(CC1CCN(c2ccc([C@@H]3c4ccc(OC5CCCCO5)cc4OC[C@@H]3c3ccccc3)cc2)CC1)C(=O)OC(C)(C)C. The number of anilines is 1. The number of benzene rings is 3. The summed E-state index contributed by atoms with van der Waals surface area (Å²) >= 11 is 0. The fourth-order valence-electron chi connectivity index (χ4n) is 6.89. The van der Waals surface area contributed by atoms with Crippen molar-refractivity contribution in [2.75, 3.05) is 44.8 Å². The summed E-state index contributed by atoms with van der Waals surface area (Å²) in [6.07, 6.45) is 4.82. The molecule has 0 saturated carbocycles. The second-order valence-corrected chi connectivity index (χ2v) is 13.8. The number of carbonyl (C=O) groups is 1. The highest BCUT2D eigenvalue weighted by Gasteiger charge is 2.34. The van der Waals surface area contributed by atoms with E-state index in [-0.39, 0.29) is 24.2 Å². The zero-order valence-corrected chi connectivity index (χ0v) is 27.2. The minimum Gasteiger partial charge on any atom is -0.492 e. The van der Waals surface area contributed by atoms with Crippen molar-refractivity contribution in [1.29, 1.82) is 0 Å². The molecule has 1 unspecified atom stereocenters. The van der Waals surface area contributed by atoms with E-state index in [0.717, 1.165) is 69.8 Å². The zero-order chi connectivity index (χ0) is 31.4. The second-order valence-electron chi connectivity index (χ2n) is 13.8. The third kappa shape index (κ3) is 7.75. The van der Waals surface area contributed by atoms with Crippen LogP contribution in [0.3, 0.4) is 0 Å². The van der Waals surface area contributed by atoms with E-state index < -0.39 is 5.60 Å². The van der Waals surface area contributed by atoms with Gasteiger partial charge in [0.05, 0.1) is 13.2 Å². The van der Waals surface area contributed by atoms with E-state index >= 15 is 0 Å². The predicted molar refractivity (Wildman–Crippen MR) is 177 cm³/mol. The molecule has 3 aliphatic rings. The average molecular weight is 613 g/mol. The number of fused-ring (bicyclic) bond motifs is 1. The second kappa shape index (κ2) is 13.7. The first kappa shape index (κ1) is 31.3. The monoisotopic (exact) mass is 612 g/mol. The van der Waals surface area contributed by atoms with Crippen LogP contribution in [0.5, 0.6) is 11.5 Å². The summed E-state index contributed by atoms with van der Waals surface area (Å²) in [5, 5.41) is 0. The summed E-state index contributed by atoms with van der Waals surface area (Å²) in [5.41, 5.74) is 4.53. The molecule has 0 radical (unpaired) electrons. The summed E-state index contributed by atoms with van der Waals surface area (Å²) < 4.78 is 23.9. The van der Waals surface area contributed by atoms with Crippen molar-refractivity contribution in [3.05, 3.63) is 89.5 Å². The van der Waals surface area contributed by atoms with E-state index in [4.69, 9.17) is 18.9 Å². The van der Waals surface area contributed by atoms with Crippen molar-refractivity contribution in [3.63, 3.8) is 0 Å². The number of piperidine rings is 1. The van der Waals surface area contributed by atoms with Crippen LogP contribution in [0, 0.1) is 5.92 Å². The maximum absolute atomic E-state index is 12.4. The molecule has 1 amide bonds. The number of hydrogen-bond donors (Lipinski definition) is 0. The van der Waals surface area contributed by atoms with Gasteiger partial charge in [-0.3, -0.25) is 0 Å². The standard InChI is InChI=1S/C38H48N2O5/c1-38(2,3)45-37(41)39(4)25-27-19-21-40(22-20-27)30-15-13-29(14-16-30)36-32-18-17-31(44-35-12-8-9-23-42-35)24-34(32)43-26-33(36)28-10-6-5-7-11-28/h5-7,10-11,13-18,24,27,33,35-36H,8-9,12,19-23,25-26H2,1-4H3/t33-,35?,36-/m1/s1. The van der Waals surface area contributed by atoms with Crippen LogP contribution >= 0.6 is 0 Å². The largest absolute Gasteiger partial charge is 0.492 e. The van der Waals surface area contributed by atoms with E-state index in [2.05, 4.69) is 71.6 Å². The minimum absolute atomic E-state index is 0.166. The normalized spacial score (nSPS) is 22.2. The van der Waals surface area contributed by atoms with Gasteiger partial charge in [0.25, 0.3) is 0 Å². The molecule has 45 heavy (non-hydrogen) atoms. The fraction of sp³-hybridized carbons (Fsp3) is 0.500. The Bertz CT molecular complexity index is 1410. The van der Waals surface area contributed by atoms with Gasteiger partial charge in [-0.2, -0.15) is 0 Å². The topological polar surface area (TPSA) is 60.5 Å². The van der Waals surface area contributed by atoms with Gasteiger partial charge in [-0.25, -0.2) is 4.79 Å². The molecule has 3 aromatic carbocycles. The Kier molecular flexibility index (Phi) is 9.55. The van der Waals surface area contributed by atoms with Crippen LogP contribution in [-0.4, -0.2) is 62.8 Å². The minimum atomic E-state index is -0.476. The molecule has 0 N–H and O–H groups in total. The molecule has 7 nitrogen and oxygen atoms in total. The van der Waals surface area contributed by atoms with E-state index in [1.807, 2.05) is 33.9 Å². The number of rotatable bonds is 7. The molecule has 2 fully saturated rings. The summed E-state index contributed by atoms with van der Waals surface area (Å²) in [6.45, 7) is 9.77. The van der Waals surface area contributed by atoms with Gasteiger partial charge in [0.2, 0.25) is 0 Å². The lowest BCUT2D eigenvalue weighted by molar-refractivity contribution is -0.106. The Morgan fingerprint density at radius 3 is 2.38 bits per heavy atom. The molecule has 3 atom stereocenters. The predicted octanol–water partition coefficient (Wildman–Crippen LogP) is 7.98. The molecule has 240 valence electrons. The van der Waals surface area contributed by atoms with E-state index in [1.165, 1.54) is 22.4 Å². The van der Waals surface area contributed by atoms with Crippen LogP contribution < -0.4 is 14.4 Å². The molecular formula is C38H48N2O5. The number of nitrogens with zero attached hydrogens (tertiary/aromatic N) is 2. The molecule has 3 aromatic rings. The third-order valence-electron chi connectivity index (χ3n) is 9.24. The first-order chi connectivity index (χ1) is 21.7. The highest BCUT2D eigenvalue weighted by atomic mass is 16.7.